The Labute approximate surface area is 148 Å². The van der Waals surface area contributed by atoms with E-state index in [1.807, 2.05) is 42.5 Å². The van der Waals surface area contributed by atoms with Crippen molar-refractivity contribution >= 4 is 16.7 Å². The van der Waals surface area contributed by atoms with Gasteiger partial charge in [0.05, 0.1) is 6.61 Å². The summed E-state index contributed by atoms with van der Waals surface area (Å²) in [5.41, 5.74) is 2.94. The van der Waals surface area contributed by atoms with Gasteiger partial charge in [-0.3, -0.25) is 9.00 Å². The maximum absolute atomic E-state index is 12.0. The van der Waals surface area contributed by atoms with Gasteiger partial charge in [-0.2, -0.15) is 0 Å². The molecule has 1 amide bonds. The minimum Gasteiger partial charge on any atom is -0.454 e. The van der Waals surface area contributed by atoms with Gasteiger partial charge < -0.3 is 19.9 Å². The van der Waals surface area contributed by atoms with Gasteiger partial charge in [0.1, 0.15) is 5.75 Å². The SMILES string of the molecule is O=C(CS(=O)Cc1ccc(-c2ccc3c(c2)OCO3)cc1)NCCO. The number of hydrogen-bond donors (Lipinski definition) is 2. The second-order valence-electron chi connectivity index (χ2n) is 5.57. The summed E-state index contributed by atoms with van der Waals surface area (Å²) in [6.45, 7) is 0.301. The number of benzene rings is 2. The molecule has 0 radical (unpaired) electrons. The Bertz CT molecular complexity index is 776. The smallest absolute Gasteiger partial charge is 0.232 e. The number of carbonyl (C=O) groups is 1. The second kappa shape index (κ2) is 8.13. The lowest BCUT2D eigenvalue weighted by Gasteiger charge is -2.06. The van der Waals surface area contributed by atoms with Gasteiger partial charge in [0, 0.05) is 23.1 Å². The van der Waals surface area contributed by atoms with Crippen LogP contribution in [0.5, 0.6) is 11.5 Å². The molecule has 1 unspecified atom stereocenters. The minimum absolute atomic E-state index is 0.0656. The van der Waals surface area contributed by atoms with E-state index < -0.39 is 10.8 Å². The summed E-state index contributed by atoms with van der Waals surface area (Å²) in [6.07, 6.45) is 0. The molecule has 0 fully saturated rings. The highest BCUT2D eigenvalue weighted by molar-refractivity contribution is 7.84. The summed E-state index contributed by atoms with van der Waals surface area (Å²) in [5, 5.41) is 11.1. The molecule has 7 heteroatoms. The molecule has 0 saturated heterocycles. The van der Waals surface area contributed by atoms with E-state index in [-0.39, 0.29) is 31.6 Å². The first kappa shape index (κ1) is 17.4. The van der Waals surface area contributed by atoms with Crippen molar-refractivity contribution in [2.45, 2.75) is 5.75 Å². The molecule has 2 aromatic rings. The van der Waals surface area contributed by atoms with Crippen molar-refractivity contribution < 1.29 is 23.6 Å². The predicted molar refractivity (Wildman–Crippen MR) is 94.8 cm³/mol. The number of amides is 1. The lowest BCUT2D eigenvalue weighted by Crippen LogP contribution is -2.30. The fourth-order valence-corrected chi connectivity index (χ4v) is 3.56. The topological polar surface area (TPSA) is 84.9 Å². The quantitative estimate of drug-likeness (QED) is 0.780. The van der Waals surface area contributed by atoms with Crippen LogP contribution >= 0.6 is 0 Å². The zero-order valence-corrected chi connectivity index (χ0v) is 14.4. The molecule has 132 valence electrons. The van der Waals surface area contributed by atoms with E-state index in [1.165, 1.54) is 0 Å². The predicted octanol–water partition coefficient (Wildman–Crippen LogP) is 1.44. The molecule has 2 aromatic carbocycles. The summed E-state index contributed by atoms with van der Waals surface area (Å²) in [4.78, 5) is 11.5. The fourth-order valence-electron chi connectivity index (χ4n) is 2.50. The highest BCUT2D eigenvalue weighted by Crippen LogP contribution is 2.35. The Kier molecular flexibility index (Phi) is 5.67. The number of aliphatic hydroxyl groups excluding tert-OH is 1. The molecular formula is C18H19NO5S. The fraction of sp³-hybridized carbons (Fsp3) is 0.278. The van der Waals surface area contributed by atoms with Crippen LogP contribution in [-0.2, 0) is 21.3 Å². The van der Waals surface area contributed by atoms with Crippen molar-refractivity contribution in [2.24, 2.45) is 0 Å². The van der Waals surface area contributed by atoms with Gasteiger partial charge in [-0.1, -0.05) is 30.3 Å². The average Bonchev–Trinajstić information content (AvgIpc) is 3.08. The van der Waals surface area contributed by atoms with E-state index in [1.54, 1.807) is 0 Å². The first-order valence-electron chi connectivity index (χ1n) is 7.87. The number of aliphatic hydroxyl groups is 1. The van der Waals surface area contributed by atoms with E-state index in [0.29, 0.717) is 5.75 Å². The van der Waals surface area contributed by atoms with Crippen molar-refractivity contribution in [1.29, 1.82) is 0 Å². The first-order valence-corrected chi connectivity index (χ1v) is 9.36. The van der Waals surface area contributed by atoms with E-state index >= 15 is 0 Å². The zero-order valence-electron chi connectivity index (χ0n) is 13.6. The molecule has 0 bridgehead atoms. The van der Waals surface area contributed by atoms with Crippen LogP contribution in [0, 0.1) is 0 Å². The minimum atomic E-state index is -1.29. The molecule has 2 N–H and O–H groups in total. The van der Waals surface area contributed by atoms with Crippen LogP contribution in [0.2, 0.25) is 0 Å². The van der Waals surface area contributed by atoms with Gasteiger partial charge >= 0.3 is 0 Å². The van der Waals surface area contributed by atoms with E-state index in [0.717, 1.165) is 28.2 Å². The van der Waals surface area contributed by atoms with Crippen LogP contribution in [0.15, 0.2) is 42.5 Å². The Balaban J connectivity index is 1.60. The molecule has 0 aromatic heterocycles. The van der Waals surface area contributed by atoms with E-state index in [4.69, 9.17) is 14.6 Å². The van der Waals surface area contributed by atoms with Crippen LogP contribution in [0.25, 0.3) is 11.1 Å². The zero-order chi connectivity index (χ0) is 17.6. The van der Waals surface area contributed by atoms with Gasteiger partial charge in [-0.15, -0.1) is 0 Å². The largest absolute Gasteiger partial charge is 0.454 e. The van der Waals surface area contributed by atoms with Crippen molar-refractivity contribution in [3.8, 4) is 22.6 Å². The molecule has 0 saturated carbocycles. The summed E-state index contributed by atoms with van der Waals surface area (Å²) in [6, 6.07) is 13.5. The van der Waals surface area contributed by atoms with Gasteiger partial charge in [0.2, 0.25) is 12.7 Å². The lowest BCUT2D eigenvalue weighted by atomic mass is 10.0. The summed E-state index contributed by atoms with van der Waals surface area (Å²) >= 11 is 0. The summed E-state index contributed by atoms with van der Waals surface area (Å²) in [7, 11) is -1.29. The molecule has 0 aliphatic carbocycles. The third-order valence-electron chi connectivity index (χ3n) is 3.71. The van der Waals surface area contributed by atoms with Crippen molar-refractivity contribution in [3.05, 3.63) is 48.0 Å². The molecule has 3 rings (SSSR count). The maximum atomic E-state index is 12.0. The first-order chi connectivity index (χ1) is 12.2. The number of fused-ring (bicyclic) bond motifs is 1. The number of hydrogen-bond acceptors (Lipinski definition) is 5. The number of ether oxygens (including phenoxy) is 2. The number of rotatable bonds is 7. The molecule has 0 spiro atoms. The van der Waals surface area contributed by atoms with Crippen molar-refractivity contribution in [1.82, 2.24) is 5.32 Å². The monoisotopic (exact) mass is 361 g/mol. The lowest BCUT2D eigenvalue weighted by molar-refractivity contribution is -0.118. The standard InChI is InChI=1S/C18H19NO5S/c20-8-7-19-18(21)11-25(22)10-13-1-3-14(4-2-13)15-5-6-16-17(9-15)24-12-23-16/h1-6,9,20H,7-8,10-12H2,(H,19,21). The van der Waals surface area contributed by atoms with E-state index in [2.05, 4.69) is 5.32 Å². The Hall–Kier alpha value is -2.38. The third-order valence-corrected chi connectivity index (χ3v) is 4.95. The normalized spacial score (nSPS) is 13.5. The molecule has 25 heavy (non-hydrogen) atoms. The highest BCUT2D eigenvalue weighted by atomic mass is 32.2. The summed E-state index contributed by atoms with van der Waals surface area (Å²) in [5.74, 6) is 1.41. The highest BCUT2D eigenvalue weighted by Gasteiger charge is 2.14. The second-order valence-corrected chi connectivity index (χ2v) is 7.02. The van der Waals surface area contributed by atoms with Gasteiger partial charge in [0.15, 0.2) is 11.5 Å². The molecule has 1 heterocycles. The van der Waals surface area contributed by atoms with Crippen LogP contribution < -0.4 is 14.8 Å². The summed E-state index contributed by atoms with van der Waals surface area (Å²) < 4.78 is 22.7. The molecule has 1 atom stereocenters. The Morgan fingerprint density at radius 2 is 1.80 bits per heavy atom. The van der Waals surface area contributed by atoms with Crippen LogP contribution in [-0.4, -0.2) is 40.9 Å². The van der Waals surface area contributed by atoms with Crippen LogP contribution in [0.1, 0.15) is 5.56 Å². The van der Waals surface area contributed by atoms with Gasteiger partial charge in [-0.25, -0.2) is 0 Å². The molecular weight excluding hydrogens is 342 g/mol. The number of nitrogens with one attached hydrogen (secondary N) is 1. The third kappa shape index (κ3) is 4.58. The Morgan fingerprint density at radius 1 is 1.08 bits per heavy atom. The molecule has 6 nitrogen and oxygen atoms in total. The Morgan fingerprint density at radius 3 is 2.56 bits per heavy atom. The van der Waals surface area contributed by atoms with Crippen molar-refractivity contribution in [2.75, 3.05) is 25.7 Å². The van der Waals surface area contributed by atoms with Gasteiger partial charge in [0.25, 0.3) is 0 Å². The van der Waals surface area contributed by atoms with Gasteiger partial charge in [-0.05, 0) is 28.8 Å². The molecule has 1 aliphatic rings. The van der Waals surface area contributed by atoms with Crippen LogP contribution in [0.3, 0.4) is 0 Å². The van der Waals surface area contributed by atoms with Crippen LogP contribution in [0.4, 0.5) is 0 Å². The average molecular weight is 361 g/mol. The molecule has 1 aliphatic heterocycles. The number of carbonyl (C=O) groups excluding carboxylic acids is 1. The van der Waals surface area contributed by atoms with E-state index in [9.17, 15) is 9.00 Å². The van der Waals surface area contributed by atoms with Crippen molar-refractivity contribution in [3.63, 3.8) is 0 Å². The maximum Gasteiger partial charge on any atom is 0.232 e.